The fourth-order valence-corrected chi connectivity index (χ4v) is 4.44. The van der Waals surface area contributed by atoms with Crippen LogP contribution in [0.4, 0.5) is 0 Å². The van der Waals surface area contributed by atoms with Crippen molar-refractivity contribution in [1.29, 1.82) is 0 Å². The van der Waals surface area contributed by atoms with Gasteiger partial charge in [0.2, 0.25) is 11.8 Å². The lowest BCUT2D eigenvalue weighted by molar-refractivity contribution is -0.122. The molecule has 0 aliphatic carbocycles. The van der Waals surface area contributed by atoms with E-state index < -0.39 is 6.10 Å². The second-order valence-corrected chi connectivity index (χ2v) is 9.74. The number of nitrogens with zero attached hydrogens (tertiary/aromatic N) is 1. The fraction of sp³-hybridized carbons (Fsp3) is 0.923. The lowest BCUT2D eigenvalue weighted by Crippen LogP contribution is -2.37. The number of nitrogens with one attached hydrogen (secondary N) is 2. The Morgan fingerprint density at radius 1 is 0.758 bits per heavy atom. The standard InChI is InChI=1S/C26H51N3O4/c1-23(29-20-12-5-13-21-29)14-7-8-17-26(33)27-18-10-4-2-3-6-16-25(32)28-19-11-9-15-24(31)22-30/h23-24,30-31H,2-22H2,1H3,(H,27,33)(H,28,32). The summed E-state index contributed by atoms with van der Waals surface area (Å²) in [4.78, 5) is 26.4. The van der Waals surface area contributed by atoms with Gasteiger partial charge in [0.25, 0.3) is 0 Å². The first-order valence-corrected chi connectivity index (χ1v) is 13.6. The number of aliphatic hydroxyl groups excluding tert-OH is 2. The SMILES string of the molecule is CC(CCCCC(=O)NCCCCCCCC(=O)NCCCCC(O)CO)N1CCCCC1. The highest BCUT2D eigenvalue weighted by atomic mass is 16.3. The van der Waals surface area contributed by atoms with Gasteiger partial charge in [-0.3, -0.25) is 9.59 Å². The van der Waals surface area contributed by atoms with Gasteiger partial charge in [0, 0.05) is 32.0 Å². The van der Waals surface area contributed by atoms with Crippen molar-refractivity contribution in [1.82, 2.24) is 15.5 Å². The van der Waals surface area contributed by atoms with E-state index in [0.29, 0.717) is 31.8 Å². The molecule has 1 aliphatic heterocycles. The zero-order chi connectivity index (χ0) is 24.2. The van der Waals surface area contributed by atoms with Crippen LogP contribution in [0.5, 0.6) is 0 Å². The summed E-state index contributed by atoms with van der Waals surface area (Å²) in [5.74, 6) is 0.276. The number of amides is 2. The Balaban J connectivity index is 1.83. The number of rotatable bonds is 20. The number of carbonyl (C=O) groups is 2. The minimum atomic E-state index is -0.642. The topological polar surface area (TPSA) is 102 Å². The summed E-state index contributed by atoms with van der Waals surface area (Å²) in [5.41, 5.74) is 0. The molecule has 7 heteroatoms. The van der Waals surface area contributed by atoms with Gasteiger partial charge in [0.15, 0.2) is 0 Å². The van der Waals surface area contributed by atoms with Crippen molar-refractivity contribution in [3.8, 4) is 0 Å². The number of piperidine rings is 1. The van der Waals surface area contributed by atoms with E-state index in [0.717, 1.165) is 64.3 Å². The Bertz CT molecular complexity index is 498. The number of aliphatic hydroxyl groups is 2. The van der Waals surface area contributed by atoms with Gasteiger partial charge in [0.1, 0.15) is 0 Å². The zero-order valence-corrected chi connectivity index (χ0v) is 21.2. The average molecular weight is 470 g/mol. The van der Waals surface area contributed by atoms with E-state index >= 15 is 0 Å². The molecule has 0 aromatic heterocycles. The predicted molar refractivity (Wildman–Crippen MR) is 134 cm³/mol. The van der Waals surface area contributed by atoms with Crippen LogP contribution in [-0.2, 0) is 9.59 Å². The number of hydrogen-bond acceptors (Lipinski definition) is 5. The van der Waals surface area contributed by atoms with Crippen LogP contribution >= 0.6 is 0 Å². The summed E-state index contributed by atoms with van der Waals surface area (Å²) < 4.78 is 0. The third kappa shape index (κ3) is 17.0. The fourth-order valence-electron chi connectivity index (χ4n) is 4.44. The second-order valence-electron chi connectivity index (χ2n) is 9.74. The van der Waals surface area contributed by atoms with E-state index in [1.54, 1.807) is 0 Å². The number of hydrogen-bond donors (Lipinski definition) is 4. The smallest absolute Gasteiger partial charge is 0.219 e. The van der Waals surface area contributed by atoms with Crippen LogP contribution in [0.1, 0.15) is 110 Å². The molecular weight excluding hydrogens is 418 g/mol. The molecule has 2 atom stereocenters. The molecule has 1 rings (SSSR count). The molecule has 2 unspecified atom stereocenters. The first kappa shape index (κ1) is 29.9. The van der Waals surface area contributed by atoms with Gasteiger partial charge in [-0.15, -0.1) is 0 Å². The van der Waals surface area contributed by atoms with Gasteiger partial charge in [0.05, 0.1) is 12.7 Å². The molecule has 2 amide bonds. The van der Waals surface area contributed by atoms with Crippen molar-refractivity contribution in [3.05, 3.63) is 0 Å². The predicted octanol–water partition coefficient (Wildman–Crippen LogP) is 3.52. The van der Waals surface area contributed by atoms with Crippen molar-refractivity contribution in [3.63, 3.8) is 0 Å². The van der Waals surface area contributed by atoms with Gasteiger partial charge in [-0.05, 0) is 77.8 Å². The lowest BCUT2D eigenvalue weighted by Gasteiger charge is -2.32. The van der Waals surface area contributed by atoms with E-state index in [2.05, 4.69) is 22.5 Å². The van der Waals surface area contributed by atoms with Crippen molar-refractivity contribution in [2.75, 3.05) is 32.8 Å². The minimum absolute atomic E-state index is 0.0929. The molecular formula is C26H51N3O4. The summed E-state index contributed by atoms with van der Waals surface area (Å²) >= 11 is 0. The Morgan fingerprint density at radius 3 is 1.91 bits per heavy atom. The van der Waals surface area contributed by atoms with Gasteiger partial charge in [-0.25, -0.2) is 0 Å². The summed E-state index contributed by atoms with van der Waals surface area (Å²) in [7, 11) is 0. The molecule has 194 valence electrons. The molecule has 1 fully saturated rings. The maximum Gasteiger partial charge on any atom is 0.219 e. The van der Waals surface area contributed by atoms with Gasteiger partial charge in [-0.1, -0.05) is 32.1 Å². The van der Waals surface area contributed by atoms with Gasteiger partial charge >= 0.3 is 0 Å². The molecule has 1 heterocycles. The number of carbonyl (C=O) groups excluding carboxylic acids is 2. The summed E-state index contributed by atoms with van der Waals surface area (Å²) in [6.07, 6.45) is 15.2. The van der Waals surface area contributed by atoms with Crippen LogP contribution < -0.4 is 10.6 Å². The third-order valence-corrected chi connectivity index (χ3v) is 6.69. The Morgan fingerprint density at radius 2 is 1.27 bits per heavy atom. The number of likely N-dealkylation sites (tertiary alicyclic amines) is 1. The monoisotopic (exact) mass is 469 g/mol. The van der Waals surface area contributed by atoms with Crippen LogP contribution in [0.15, 0.2) is 0 Å². The molecule has 1 saturated heterocycles. The van der Waals surface area contributed by atoms with E-state index in [9.17, 15) is 14.7 Å². The molecule has 33 heavy (non-hydrogen) atoms. The molecule has 7 nitrogen and oxygen atoms in total. The average Bonchev–Trinajstić information content (AvgIpc) is 2.83. The minimum Gasteiger partial charge on any atom is -0.394 e. The second kappa shape index (κ2) is 20.2. The molecule has 0 spiro atoms. The van der Waals surface area contributed by atoms with E-state index in [1.807, 2.05) is 0 Å². The summed E-state index contributed by atoms with van der Waals surface area (Å²) in [5, 5.41) is 23.9. The maximum absolute atomic E-state index is 12.0. The number of unbranched alkanes of at least 4 members (excludes halogenated alkanes) is 6. The zero-order valence-electron chi connectivity index (χ0n) is 21.2. The molecule has 4 N–H and O–H groups in total. The lowest BCUT2D eigenvalue weighted by atomic mass is 10.0. The summed E-state index contributed by atoms with van der Waals surface area (Å²) in [6.45, 7) is 6.01. The molecule has 1 aliphatic rings. The molecule has 0 aromatic rings. The van der Waals surface area contributed by atoms with E-state index in [1.165, 1.54) is 38.8 Å². The van der Waals surface area contributed by atoms with Crippen molar-refractivity contribution < 1.29 is 19.8 Å². The highest BCUT2D eigenvalue weighted by molar-refractivity contribution is 5.76. The first-order chi connectivity index (χ1) is 16.0. The van der Waals surface area contributed by atoms with Crippen molar-refractivity contribution in [2.24, 2.45) is 0 Å². The summed E-state index contributed by atoms with van der Waals surface area (Å²) in [6, 6.07) is 0.650. The highest BCUT2D eigenvalue weighted by Gasteiger charge is 2.16. The third-order valence-electron chi connectivity index (χ3n) is 6.69. The quantitative estimate of drug-likeness (QED) is 0.204. The largest absolute Gasteiger partial charge is 0.394 e. The Labute approximate surface area is 202 Å². The van der Waals surface area contributed by atoms with Crippen LogP contribution in [0.3, 0.4) is 0 Å². The molecule has 0 bridgehead atoms. The van der Waals surface area contributed by atoms with E-state index in [-0.39, 0.29) is 18.4 Å². The Hall–Kier alpha value is -1.18. The van der Waals surface area contributed by atoms with Crippen LogP contribution in [0.2, 0.25) is 0 Å². The van der Waals surface area contributed by atoms with E-state index in [4.69, 9.17) is 5.11 Å². The molecule has 0 saturated carbocycles. The molecule has 0 aromatic carbocycles. The highest BCUT2D eigenvalue weighted by Crippen LogP contribution is 2.16. The normalized spacial score (nSPS) is 16.3. The van der Waals surface area contributed by atoms with Gasteiger partial charge in [-0.2, -0.15) is 0 Å². The first-order valence-electron chi connectivity index (χ1n) is 13.6. The van der Waals surface area contributed by atoms with Crippen LogP contribution in [-0.4, -0.2) is 71.9 Å². The maximum atomic E-state index is 12.0. The van der Waals surface area contributed by atoms with Gasteiger partial charge < -0.3 is 25.7 Å². The van der Waals surface area contributed by atoms with Crippen molar-refractivity contribution >= 4 is 11.8 Å². The van der Waals surface area contributed by atoms with Crippen LogP contribution in [0.25, 0.3) is 0 Å². The molecule has 0 radical (unpaired) electrons. The van der Waals surface area contributed by atoms with Crippen LogP contribution in [0, 0.1) is 0 Å². The van der Waals surface area contributed by atoms with Crippen molar-refractivity contribution in [2.45, 2.75) is 122 Å². The Kier molecular flexibility index (Phi) is 18.3.